The van der Waals surface area contributed by atoms with Gasteiger partial charge in [-0.05, 0) is 70.2 Å². The van der Waals surface area contributed by atoms with Crippen molar-refractivity contribution in [1.29, 1.82) is 0 Å². The van der Waals surface area contributed by atoms with Crippen molar-refractivity contribution in [3.8, 4) is 11.5 Å². The zero-order chi connectivity index (χ0) is 18.2. The van der Waals surface area contributed by atoms with Crippen molar-refractivity contribution in [1.82, 2.24) is 5.32 Å². The monoisotopic (exact) mass is 461 g/mol. The van der Waals surface area contributed by atoms with Gasteiger partial charge in [-0.15, -0.1) is 12.4 Å². The molecule has 0 heterocycles. The first kappa shape index (κ1) is 23.1. The topological polar surface area (TPSA) is 30.5 Å². The summed E-state index contributed by atoms with van der Waals surface area (Å²) >= 11 is 9.52. The number of halogens is 3. The molecule has 144 valence electrons. The maximum atomic E-state index is 5.96. The van der Waals surface area contributed by atoms with Gasteiger partial charge in [0.1, 0.15) is 6.61 Å². The van der Waals surface area contributed by atoms with Crippen LogP contribution in [-0.4, -0.2) is 13.7 Å². The molecule has 3 nitrogen and oxygen atoms in total. The fourth-order valence-electron chi connectivity index (χ4n) is 2.37. The second-order valence-corrected chi connectivity index (χ2v) is 7.67. The minimum absolute atomic E-state index is 0. The molecule has 0 unspecified atom stereocenters. The lowest BCUT2D eigenvalue weighted by Crippen LogP contribution is -2.16. The van der Waals surface area contributed by atoms with E-state index in [1.807, 2.05) is 30.3 Å². The maximum Gasteiger partial charge on any atom is 0.175 e. The average Bonchev–Trinajstić information content (AvgIpc) is 2.58. The number of hydrogen-bond donors (Lipinski definition) is 1. The van der Waals surface area contributed by atoms with Crippen molar-refractivity contribution in [2.24, 2.45) is 5.92 Å². The van der Waals surface area contributed by atoms with Crippen molar-refractivity contribution in [3.05, 3.63) is 57.0 Å². The Hall–Kier alpha value is -0.940. The molecule has 0 radical (unpaired) electrons. The molecule has 2 rings (SSSR count). The van der Waals surface area contributed by atoms with Crippen LogP contribution >= 0.6 is 39.9 Å². The summed E-state index contributed by atoms with van der Waals surface area (Å²) in [5, 5.41) is 4.18. The summed E-state index contributed by atoms with van der Waals surface area (Å²) in [6, 6.07) is 11.7. The van der Waals surface area contributed by atoms with Crippen molar-refractivity contribution >= 4 is 39.9 Å². The van der Waals surface area contributed by atoms with Crippen molar-refractivity contribution in [2.75, 3.05) is 13.7 Å². The number of methoxy groups -OCH3 is 1. The minimum Gasteiger partial charge on any atom is -0.493 e. The van der Waals surface area contributed by atoms with Crippen molar-refractivity contribution < 1.29 is 9.47 Å². The quantitative estimate of drug-likeness (QED) is 0.447. The van der Waals surface area contributed by atoms with Gasteiger partial charge in [-0.25, -0.2) is 0 Å². The van der Waals surface area contributed by atoms with Gasteiger partial charge in [0.2, 0.25) is 0 Å². The number of ether oxygens (including phenoxy) is 2. The van der Waals surface area contributed by atoms with Crippen LogP contribution in [0.5, 0.6) is 11.5 Å². The van der Waals surface area contributed by atoms with E-state index in [9.17, 15) is 0 Å². The Morgan fingerprint density at radius 1 is 1.12 bits per heavy atom. The summed E-state index contributed by atoms with van der Waals surface area (Å²) in [5.41, 5.74) is 2.21. The lowest BCUT2D eigenvalue weighted by Gasteiger charge is -2.15. The molecule has 0 saturated heterocycles. The molecule has 2 aromatic carbocycles. The van der Waals surface area contributed by atoms with Gasteiger partial charge in [-0.1, -0.05) is 37.6 Å². The second kappa shape index (κ2) is 11.7. The Labute approximate surface area is 176 Å². The summed E-state index contributed by atoms with van der Waals surface area (Å²) in [5.74, 6) is 2.14. The van der Waals surface area contributed by atoms with Crippen LogP contribution in [0.3, 0.4) is 0 Å². The van der Waals surface area contributed by atoms with E-state index in [2.05, 4.69) is 41.2 Å². The predicted molar refractivity (Wildman–Crippen MR) is 115 cm³/mol. The van der Waals surface area contributed by atoms with Gasteiger partial charge in [-0.3, -0.25) is 0 Å². The fourth-order valence-corrected chi connectivity index (χ4v) is 3.10. The highest BCUT2D eigenvalue weighted by molar-refractivity contribution is 9.10. The third-order valence-corrected chi connectivity index (χ3v) is 4.65. The van der Waals surface area contributed by atoms with Crippen LogP contribution in [0.25, 0.3) is 0 Å². The third kappa shape index (κ3) is 7.36. The molecule has 6 heteroatoms. The first-order chi connectivity index (χ1) is 12.0. The Morgan fingerprint density at radius 3 is 2.42 bits per heavy atom. The lowest BCUT2D eigenvalue weighted by molar-refractivity contribution is 0.282. The highest BCUT2D eigenvalue weighted by Gasteiger charge is 2.12. The Morgan fingerprint density at radius 2 is 1.81 bits per heavy atom. The molecule has 0 amide bonds. The smallest absolute Gasteiger partial charge is 0.175 e. The van der Waals surface area contributed by atoms with Crippen LogP contribution in [0.4, 0.5) is 0 Å². The molecule has 0 aliphatic heterocycles. The molecular weight excluding hydrogens is 437 g/mol. The molecular formula is C20H26BrCl2NO2. The normalized spacial score (nSPS) is 10.5. The van der Waals surface area contributed by atoms with E-state index in [4.69, 9.17) is 21.1 Å². The van der Waals surface area contributed by atoms with Gasteiger partial charge in [0, 0.05) is 11.6 Å². The molecule has 0 bridgehead atoms. The van der Waals surface area contributed by atoms with Gasteiger partial charge in [0.15, 0.2) is 11.5 Å². The molecule has 1 N–H and O–H groups in total. The van der Waals surface area contributed by atoms with Gasteiger partial charge >= 0.3 is 0 Å². The molecule has 0 fully saturated rings. The molecule has 0 aliphatic rings. The largest absolute Gasteiger partial charge is 0.493 e. The summed E-state index contributed by atoms with van der Waals surface area (Å²) in [6.07, 6.45) is 1.17. The maximum absolute atomic E-state index is 5.96. The number of benzene rings is 2. The fraction of sp³-hybridized carbons (Fsp3) is 0.400. The number of nitrogens with one attached hydrogen (secondary N) is 1. The summed E-state index contributed by atoms with van der Waals surface area (Å²) in [7, 11) is 1.66. The van der Waals surface area contributed by atoms with Crippen LogP contribution in [0.2, 0.25) is 5.02 Å². The summed E-state index contributed by atoms with van der Waals surface area (Å²) < 4.78 is 12.4. The highest BCUT2D eigenvalue weighted by Crippen LogP contribution is 2.37. The van der Waals surface area contributed by atoms with E-state index in [0.29, 0.717) is 18.3 Å². The van der Waals surface area contributed by atoms with Crippen LogP contribution in [-0.2, 0) is 13.2 Å². The average molecular weight is 463 g/mol. The standard InChI is InChI=1S/C20H25BrClNO2.ClH/c1-14(2)8-9-23-12-16-10-18(21)20(19(11-16)24-3)25-13-15-4-6-17(22)7-5-15;/h4-7,10-11,14,23H,8-9,12-13H2,1-3H3;1H. The van der Waals surface area contributed by atoms with Gasteiger partial charge < -0.3 is 14.8 Å². The van der Waals surface area contributed by atoms with E-state index in [1.54, 1.807) is 7.11 Å². The molecule has 0 spiro atoms. The first-order valence-corrected chi connectivity index (χ1v) is 9.61. The Balaban J connectivity index is 0.00000338. The minimum atomic E-state index is 0. The van der Waals surface area contributed by atoms with E-state index in [0.717, 1.165) is 39.5 Å². The Bertz CT molecular complexity index is 678. The van der Waals surface area contributed by atoms with Crippen LogP contribution in [0, 0.1) is 5.92 Å². The molecule has 0 atom stereocenters. The molecule has 0 aromatic heterocycles. The summed E-state index contributed by atoms with van der Waals surface area (Å²) in [6.45, 7) is 6.73. The SMILES string of the molecule is COc1cc(CNCCC(C)C)cc(Br)c1OCc1ccc(Cl)cc1.Cl. The Kier molecular flexibility index (Phi) is 10.4. The summed E-state index contributed by atoms with van der Waals surface area (Å²) in [4.78, 5) is 0. The number of rotatable bonds is 9. The molecule has 26 heavy (non-hydrogen) atoms. The number of hydrogen-bond acceptors (Lipinski definition) is 3. The van der Waals surface area contributed by atoms with Gasteiger partial charge in [-0.2, -0.15) is 0 Å². The van der Waals surface area contributed by atoms with Crippen molar-refractivity contribution in [2.45, 2.75) is 33.4 Å². The lowest BCUT2D eigenvalue weighted by atomic mass is 10.1. The van der Waals surface area contributed by atoms with Crippen LogP contribution < -0.4 is 14.8 Å². The zero-order valence-electron chi connectivity index (χ0n) is 15.4. The molecule has 2 aromatic rings. The zero-order valence-corrected chi connectivity index (χ0v) is 18.5. The van der Waals surface area contributed by atoms with E-state index >= 15 is 0 Å². The molecule has 0 saturated carbocycles. The molecule has 0 aliphatic carbocycles. The third-order valence-electron chi connectivity index (χ3n) is 3.81. The van der Waals surface area contributed by atoms with E-state index in [-0.39, 0.29) is 12.4 Å². The van der Waals surface area contributed by atoms with E-state index in [1.165, 1.54) is 6.42 Å². The van der Waals surface area contributed by atoms with E-state index < -0.39 is 0 Å². The van der Waals surface area contributed by atoms with Gasteiger partial charge in [0.05, 0.1) is 11.6 Å². The highest BCUT2D eigenvalue weighted by atomic mass is 79.9. The van der Waals surface area contributed by atoms with Gasteiger partial charge in [0.25, 0.3) is 0 Å². The second-order valence-electron chi connectivity index (χ2n) is 6.38. The van der Waals surface area contributed by atoms with Crippen molar-refractivity contribution in [3.63, 3.8) is 0 Å². The van der Waals surface area contributed by atoms with Crippen LogP contribution in [0.15, 0.2) is 40.9 Å². The van der Waals surface area contributed by atoms with Crippen LogP contribution in [0.1, 0.15) is 31.4 Å². The predicted octanol–water partition coefficient (Wildman–Crippen LogP) is 6.25. The first-order valence-electron chi connectivity index (χ1n) is 8.44.